The van der Waals surface area contributed by atoms with Crippen LogP contribution in [0, 0.1) is 0 Å². The maximum absolute atomic E-state index is 11.4. The number of hydrogen-bond donors (Lipinski definition) is 2. The lowest BCUT2D eigenvalue weighted by atomic mass is 10.2. The zero-order valence-electron chi connectivity index (χ0n) is 10.7. The Kier molecular flexibility index (Phi) is 6.74. The van der Waals surface area contributed by atoms with Gasteiger partial charge in [0, 0.05) is 24.5 Å². The standard InChI is InChI=1S/C13H17ClN2O3/c1-19-13(18)16-11-6-4-10(5-7-11)9-15-12(17)3-2-8-14/h4-7H,2-3,8-9H2,1H3,(H,15,17)(H,16,18). The van der Waals surface area contributed by atoms with E-state index in [1.165, 1.54) is 7.11 Å². The highest BCUT2D eigenvalue weighted by Crippen LogP contribution is 2.09. The van der Waals surface area contributed by atoms with E-state index in [1.807, 2.05) is 12.1 Å². The number of carbonyl (C=O) groups excluding carboxylic acids is 2. The molecule has 0 aliphatic rings. The van der Waals surface area contributed by atoms with Crippen LogP contribution in [0.15, 0.2) is 24.3 Å². The van der Waals surface area contributed by atoms with E-state index in [-0.39, 0.29) is 5.91 Å². The lowest BCUT2D eigenvalue weighted by Gasteiger charge is -2.07. The average molecular weight is 285 g/mol. The molecule has 6 heteroatoms. The minimum Gasteiger partial charge on any atom is -0.453 e. The first-order valence-corrected chi connectivity index (χ1v) is 6.45. The number of amides is 2. The SMILES string of the molecule is COC(=O)Nc1ccc(CNC(=O)CCCCl)cc1. The number of nitrogens with one attached hydrogen (secondary N) is 2. The summed E-state index contributed by atoms with van der Waals surface area (Å²) in [5, 5.41) is 5.34. The summed E-state index contributed by atoms with van der Waals surface area (Å²) in [6, 6.07) is 7.15. The molecule has 2 amide bonds. The van der Waals surface area contributed by atoms with Crippen LogP contribution in [0.3, 0.4) is 0 Å². The van der Waals surface area contributed by atoms with Crippen LogP contribution in [-0.4, -0.2) is 25.0 Å². The highest BCUT2D eigenvalue weighted by molar-refractivity contribution is 6.17. The van der Waals surface area contributed by atoms with Gasteiger partial charge in [-0.15, -0.1) is 11.6 Å². The molecule has 0 radical (unpaired) electrons. The van der Waals surface area contributed by atoms with Crippen LogP contribution in [0.1, 0.15) is 18.4 Å². The number of halogens is 1. The van der Waals surface area contributed by atoms with Crippen molar-refractivity contribution in [1.29, 1.82) is 0 Å². The predicted octanol–water partition coefficient (Wildman–Crippen LogP) is 2.50. The van der Waals surface area contributed by atoms with Crippen LogP contribution in [0.25, 0.3) is 0 Å². The van der Waals surface area contributed by atoms with Crippen molar-refractivity contribution in [1.82, 2.24) is 5.32 Å². The molecule has 0 aliphatic heterocycles. The van der Waals surface area contributed by atoms with E-state index in [4.69, 9.17) is 11.6 Å². The predicted molar refractivity (Wildman–Crippen MR) is 74.3 cm³/mol. The highest BCUT2D eigenvalue weighted by Gasteiger charge is 2.02. The van der Waals surface area contributed by atoms with Gasteiger partial charge in [-0.1, -0.05) is 12.1 Å². The fourth-order valence-electron chi connectivity index (χ4n) is 1.39. The van der Waals surface area contributed by atoms with E-state index in [1.54, 1.807) is 12.1 Å². The van der Waals surface area contributed by atoms with Gasteiger partial charge in [-0.3, -0.25) is 10.1 Å². The number of benzene rings is 1. The topological polar surface area (TPSA) is 67.4 Å². The van der Waals surface area contributed by atoms with E-state index in [9.17, 15) is 9.59 Å². The van der Waals surface area contributed by atoms with Crippen LogP contribution < -0.4 is 10.6 Å². The van der Waals surface area contributed by atoms with Crippen LogP contribution in [0.2, 0.25) is 0 Å². The molecule has 0 aliphatic carbocycles. The normalized spacial score (nSPS) is 9.79. The van der Waals surface area contributed by atoms with Gasteiger partial charge in [-0.05, 0) is 24.1 Å². The molecule has 0 atom stereocenters. The minimum absolute atomic E-state index is 0.0163. The molecular weight excluding hydrogens is 268 g/mol. The fourth-order valence-corrected chi connectivity index (χ4v) is 1.52. The first-order valence-electron chi connectivity index (χ1n) is 5.92. The van der Waals surface area contributed by atoms with Crippen molar-refractivity contribution < 1.29 is 14.3 Å². The molecule has 5 nitrogen and oxygen atoms in total. The number of ether oxygens (including phenoxy) is 1. The molecule has 104 valence electrons. The maximum Gasteiger partial charge on any atom is 0.411 e. The summed E-state index contributed by atoms with van der Waals surface area (Å²) in [7, 11) is 1.31. The average Bonchev–Trinajstić information content (AvgIpc) is 2.44. The van der Waals surface area contributed by atoms with Crippen molar-refractivity contribution in [3.05, 3.63) is 29.8 Å². The molecule has 0 unspecified atom stereocenters. The zero-order chi connectivity index (χ0) is 14.1. The van der Waals surface area contributed by atoms with Crippen molar-refractivity contribution in [2.45, 2.75) is 19.4 Å². The fraction of sp³-hybridized carbons (Fsp3) is 0.385. The summed E-state index contributed by atoms with van der Waals surface area (Å²) >= 11 is 5.51. The summed E-state index contributed by atoms with van der Waals surface area (Å²) in [6.07, 6.45) is 0.600. The van der Waals surface area contributed by atoms with Gasteiger partial charge in [0.1, 0.15) is 0 Å². The molecule has 0 spiro atoms. The molecular formula is C13H17ClN2O3. The van der Waals surface area contributed by atoms with Crippen LogP contribution in [0.4, 0.5) is 10.5 Å². The second-order valence-electron chi connectivity index (χ2n) is 3.88. The van der Waals surface area contributed by atoms with Crippen molar-refractivity contribution in [2.24, 2.45) is 0 Å². The molecule has 2 N–H and O–H groups in total. The van der Waals surface area contributed by atoms with Gasteiger partial charge in [0.25, 0.3) is 0 Å². The Labute approximate surface area is 117 Å². The molecule has 0 aromatic heterocycles. The van der Waals surface area contributed by atoms with Gasteiger partial charge >= 0.3 is 6.09 Å². The van der Waals surface area contributed by atoms with Crippen LogP contribution in [0.5, 0.6) is 0 Å². The second-order valence-corrected chi connectivity index (χ2v) is 4.26. The zero-order valence-corrected chi connectivity index (χ0v) is 11.5. The molecule has 0 saturated heterocycles. The van der Waals surface area contributed by atoms with Gasteiger partial charge in [-0.25, -0.2) is 4.79 Å². The summed E-state index contributed by atoms with van der Waals surface area (Å²) in [6.45, 7) is 0.458. The molecule has 19 heavy (non-hydrogen) atoms. The van der Waals surface area contributed by atoms with Crippen LogP contribution in [-0.2, 0) is 16.1 Å². The summed E-state index contributed by atoms with van der Waals surface area (Å²) in [5.74, 6) is 0.471. The Morgan fingerprint density at radius 2 is 1.95 bits per heavy atom. The molecule has 1 aromatic rings. The van der Waals surface area contributed by atoms with E-state index in [0.29, 0.717) is 31.0 Å². The Balaban J connectivity index is 2.39. The number of carbonyl (C=O) groups is 2. The lowest BCUT2D eigenvalue weighted by molar-refractivity contribution is -0.121. The van der Waals surface area contributed by atoms with E-state index in [2.05, 4.69) is 15.4 Å². The first kappa shape index (κ1) is 15.3. The molecule has 0 heterocycles. The third-order valence-corrected chi connectivity index (χ3v) is 2.68. The highest BCUT2D eigenvalue weighted by atomic mass is 35.5. The molecule has 0 fully saturated rings. The van der Waals surface area contributed by atoms with Gasteiger partial charge in [0.2, 0.25) is 5.91 Å². The molecule has 0 bridgehead atoms. The Morgan fingerprint density at radius 1 is 1.26 bits per heavy atom. The van der Waals surface area contributed by atoms with Gasteiger partial charge in [0.15, 0.2) is 0 Å². The Morgan fingerprint density at radius 3 is 2.53 bits per heavy atom. The number of methoxy groups -OCH3 is 1. The molecule has 1 rings (SSSR count). The summed E-state index contributed by atoms with van der Waals surface area (Å²) < 4.78 is 4.48. The smallest absolute Gasteiger partial charge is 0.411 e. The van der Waals surface area contributed by atoms with Gasteiger partial charge in [-0.2, -0.15) is 0 Å². The number of anilines is 1. The Hall–Kier alpha value is -1.75. The maximum atomic E-state index is 11.4. The third-order valence-electron chi connectivity index (χ3n) is 2.41. The van der Waals surface area contributed by atoms with E-state index in [0.717, 1.165) is 5.56 Å². The molecule has 0 saturated carbocycles. The quantitative estimate of drug-likeness (QED) is 0.789. The lowest BCUT2D eigenvalue weighted by Crippen LogP contribution is -2.22. The monoisotopic (exact) mass is 284 g/mol. The van der Waals surface area contributed by atoms with E-state index < -0.39 is 6.09 Å². The molecule has 1 aromatic carbocycles. The van der Waals surface area contributed by atoms with Gasteiger partial charge < -0.3 is 10.1 Å². The largest absolute Gasteiger partial charge is 0.453 e. The van der Waals surface area contributed by atoms with Crippen molar-refractivity contribution >= 4 is 29.3 Å². The van der Waals surface area contributed by atoms with Gasteiger partial charge in [0.05, 0.1) is 7.11 Å². The number of rotatable bonds is 6. The summed E-state index contributed by atoms with van der Waals surface area (Å²) in [4.78, 5) is 22.4. The Bertz CT molecular complexity index is 420. The van der Waals surface area contributed by atoms with E-state index >= 15 is 0 Å². The number of alkyl halides is 1. The first-order chi connectivity index (χ1) is 9.15. The third kappa shape index (κ3) is 6.10. The van der Waals surface area contributed by atoms with Crippen molar-refractivity contribution in [3.63, 3.8) is 0 Å². The van der Waals surface area contributed by atoms with Crippen molar-refractivity contribution in [3.8, 4) is 0 Å². The second kappa shape index (κ2) is 8.37. The van der Waals surface area contributed by atoms with Crippen molar-refractivity contribution in [2.75, 3.05) is 18.3 Å². The van der Waals surface area contributed by atoms with Crippen LogP contribution >= 0.6 is 11.6 Å². The minimum atomic E-state index is -0.512. The number of hydrogen-bond acceptors (Lipinski definition) is 3. The summed E-state index contributed by atoms with van der Waals surface area (Å²) in [5.41, 5.74) is 1.60.